The van der Waals surface area contributed by atoms with E-state index in [2.05, 4.69) is 10.6 Å². The predicted molar refractivity (Wildman–Crippen MR) is 74.4 cm³/mol. The lowest BCUT2D eigenvalue weighted by molar-refractivity contribution is 0.0952. The topological polar surface area (TPSA) is 41.1 Å². The molecule has 1 heterocycles. The van der Waals surface area contributed by atoms with Gasteiger partial charge in [0.2, 0.25) is 0 Å². The van der Waals surface area contributed by atoms with E-state index >= 15 is 0 Å². The van der Waals surface area contributed by atoms with Gasteiger partial charge in [0.15, 0.2) is 0 Å². The van der Waals surface area contributed by atoms with Crippen LogP contribution in [-0.2, 0) is 0 Å². The second-order valence-electron chi connectivity index (χ2n) is 4.46. The Labute approximate surface area is 117 Å². The second-order valence-corrected chi connectivity index (χ2v) is 5.31. The van der Waals surface area contributed by atoms with Crippen molar-refractivity contribution in [3.05, 3.63) is 33.8 Å². The van der Waals surface area contributed by atoms with Crippen molar-refractivity contribution in [1.29, 1.82) is 0 Å². The van der Waals surface area contributed by atoms with E-state index in [0.29, 0.717) is 28.2 Å². The molecule has 0 unspecified atom stereocenters. The summed E-state index contributed by atoms with van der Waals surface area (Å²) in [6.45, 7) is 1.75. The number of benzene rings is 1. The van der Waals surface area contributed by atoms with E-state index in [1.54, 1.807) is 18.2 Å². The summed E-state index contributed by atoms with van der Waals surface area (Å²) in [6.07, 6.45) is 3.37. The third-order valence-electron chi connectivity index (χ3n) is 3.12. The minimum Gasteiger partial charge on any atom is -0.352 e. The predicted octanol–water partition coefficient (Wildman–Crippen LogP) is 2.87. The van der Waals surface area contributed by atoms with Gasteiger partial charge in [0.05, 0.1) is 10.6 Å². The first-order valence-corrected chi connectivity index (χ1v) is 6.89. The highest BCUT2D eigenvalue weighted by Gasteiger charge is 2.15. The number of amides is 1. The Balaban J connectivity index is 1.83. The van der Waals surface area contributed by atoms with Crippen molar-refractivity contribution in [3.63, 3.8) is 0 Å². The molecule has 1 atom stereocenters. The third kappa shape index (κ3) is 3.61. The monoisotopic (exact) mass is 286 g/mol. The van der Waals surface area contributed by atoms with Crippen molar-refractivity contribution < 1.29 is 4.79 Å². The van der Waals surface area contributed by atoms with Crippen LogP contribution >= 0.6 is 23.2 Å². The molecule has 98 valence electrons. The summed E-state index contributed by atoms with van der Waals surface area (Å²) >= 11 is 11.8. The minimum atomic E-state index is -0.144. The molecule has 1 aromatic rings. The molecule has 1 saturated heterocycles. The van der Waals surface area contributed by atoms with Crippen molar-refractivity contribution in [3.8, 4) is 0 Å². The largest absolute Gasteiger partial charge is 0.352 e. The average molecular weight is 287 g/mol. The molecule has 2 N–H and O–H groups in total. The first kappa shape index (κ1) is 13.7. The lowest BCUT2D eigenvalue weighted by atomic mass is 10.1. The van der Waals surface area contributed by atoms with Gasteiger partial charge < -0.3 is 10.6 Å². The fraction of sp³-hybridized carbons (Fsp3) is 0.462. The first-order valence-electron chi connectivity index (χ1n) is 6.13. The zero-order valence-electron chi connectivity index (χ0n) is 10.0. The molecular formula is C13H16Cl2N2O. The van der Waals surface area contributed by atoms with Gasteiger partial charge in [-0.2, -0.15) is 0 Å². The highest BCUT2D eigenvalue weighted by molar-refractivity contribution is 6.36. The number of hydrogen-bond donors (Lipinski definition) is 2. The quantitative estimate of drug-likeness (QED) is 0.894. The van der Waals surface area contributed by atoms with Gasteiger partial charge in [-0.1, -0.05) is 23.2 Å². The standard InChI is InChI=1S/C13H16Cl2N2O/c14-9-3-4-11(12(15)8-9)13(18)17-7-5-10-2-1-6-16-10/h3-4,8,10,16H,1-2,5-7H2,(H,17,18)/t10-/m0/s1. The van der Waals surface area contributed by atoms with Crippen LogP contribution in [0.5, 0.6) is 0 Å². The summed E-state index contributed by atoms with van der Waals surface area (Å²) < 4.78 is 0. The van der Waals surface area contributed by atoms with Gasteiger partial charge in [0.1, 0.15) is 0 Å². The number of nitrogens with one attached hydrogen (secondary N) is 2. The Kier molecular flexibility index (Phi) is 4.87. The SMILES string of the molecule is O=C(NCC[C@@H]1CCCN1)c1ccc(Cl)cc1Cl. The molecule has 0 spiro atoms. The molecule has 1 aliphatic rings. The van der Waals surface area contributed by atoms with Crippen LogP contribution in [-0.4, -0.2) is 25.0 Å². The van der Waals surface area contributed by atoms with Crippen molar-refractivity contribution in [2.75, 3.05) is 13.1 Å². The number of rotatable bonds is 4. The Morgan fingerprint density at radius 1 is 1.44 bits per heavy atom. The van der Waals surface area contributed by atoms with Crippen LogP contribution in [0.15, 0.2) is 18.2 Å². The van der Waals surface area contributed by atoms with Gasteiger partial charge in [-0.3, -0.25) is 4.79 Å². The fourth-order valence-electron chi connectivity index (χ4n) is 2.13. The third-order valence-corrected chi connectivity index (χ3v) is 3.66. The Morgan fingerprint density at radius 2 is 2.28 bits per heavy atom. The Hall–Kier alpha value is -0.770. The van der Waals surface area contributed by atoms with Crippen LogP contribution in [0.3, 0.4) is 0 Å². The molecule has 1 fully saturated rings. The van der Waals surface area contributed by atoms with Crippen LogP contribution in [0.25, 0.3) is 0 Å². The van der Waals surface area contributed by atoms with Crippen LogP contribution in [0, 0.1) is 0 Å². The van der Waals surface area contributed by atoms with Gasteiger partial charge in [-0.15, -0.1) is 0 Å². The number of hydrogen-bond acceptors (Lipinski definition) is 2. The average Bonchev–Trinajstić information content (AvgIpc) is 2.81. The van der Waals surface area contributed by atoms with Crippen molar-refractivity contribution >= 4 is 29.1 Å². The Bertz CT molecular complexity index is 431. The molecule has 2 rings (SSSR count). The van der Waals surface area contributed by atoms with E-state index in [1.165, 1.54) is 12.8 Å². The molecule has 5 heteroatoms. The van der Waals surface area contributed by atoms with Crippen molar-refractivity contribution in [2.24, 2.45) is 0 Å². The maximum Gasteiger partial charge on any atom is 0.252 e. The lowest BCUT2D eigenvalue weighted by Gasteiger charge is -2.11. The smallest absolute Gasteiger partial charge is 0.252 e. The Morgan fingerprint density at radius 3 is 2.94 bits per heavy atom. The van der Waals surface area contributed by atoms with Crippen LogP contribution in [0.1, 0.15) is 29.6 Å². The summed E-state index contributed by atoms with van der Waals surface area (Å²) in [5, 5.41) is 7.20. The van der Waals surface area contributed by atoms with E-state index in [0.717, 1.165) is 13.0 Å². The molecule has 1 aliphatic heterocycles. The highest BCUT2D eigenvalue weighted by Crippen LogP contribution is 2.20. The zero-order chi connectivity index (χ0) is 13.0. The highest BCUT2D eigenvalue weighted by atomic mass is 35.5. The summed E-state index contributed by atoms with van der Waals surface area (Å²) in [7, 11) is 0. The van der Waals surface area contributed by atoms with Gasteiger partial charge in [-0.05, 0) is 44.0 Å². The fourth-order valence-corrected chi connectivity index (χ4v) is 2.63. The molecule has 18 heavy (non-hydrogen) atoms. The molecular weight excluding hydrogens is 271 g/mol. The maximum atomic E-state index is 11.9. The van der Waals surface area contributed by atoms with Crippen molar-refractivity contribution in [1.82, 2.24) is 10.6 Å². The number of halogens is 2. The maximum absolute atomic E-state index is 11.9. The van der Waals surface area contributed by atoms with Crippen LogP contribution in [0.4, 0.5) is 0 Å². The first-order chi connectivity index (χ1) is 8.66. The molecule has 1 amide bonds. The van der Waals surface area contributed by atoms with E-state index in [9.17, 15) is 4.79 Å². The summed E-state index contributed by atoms with van der Waals surface area (Å²) in [4.78, 5) is 11.9. The van der Waals surface area contributed by atoms with Gasteiger partial charge in [-0.25, -0.2) is 0 Å². The van der Waals surface area contributed by atoms with Crippen LogP contribution < -0.4 is 10.6 Å². The second kappa shape index (κ2) is 6.41. The van der Waals surface area contributed by atoms with Gasteiger partial charge >= 0.3 is 0 Å². The van der Waals surface area contributed by atoms with E-state index in [1.807, 2.05) is 0 Å². The number of carbonyl (C=O) groups excluding carboxylic acids is 1. The normalized spacial score (nSPS) is 18.9. The molecule has 0 bridgehead atoms. The molecule has 1 aromatic carbocycles. The summed E-state index contributed by atoms with van der Waals surface area (Å²) in [5.41, 5.74) is 0.473. The van der Waals surface area contributed by atoms with E-state index < -0.39 is 0 Å². The van der Waals surface area contributed by atoms with Gasteiger partial charge in [0, 0.05) is 17.6 Å². The van der Waals surface area contributed by atoms with E-state index in [4.69, 9.17) is 23.2 Å². The molecule has 0 aromatic heterocycles. The summed E-state index contributed by atoms with van der Waals surface area (Å²) in [5.74, 6) is -0.144. The van der Waals surface area contributed by atoms with Crippen LogP contribution in [0.2, 0.25) is 10.0 Å². The molecule has 0 radical (unpaired) electrons. The lowest BCUT2D eigenvalue weighted by Crippen LogP contribution is -2.30. The molecule has 0 aliphatic carbocycles. The number of carbonyl (C=O) groups is 1. The van der Waals surface area contributed by atoms with E-state index in [-0.39, 0.29) is 5.91 Å². The van der Waals surface area contributed by atoms with Gasteiger partial charge in [0.25, 0.3) is 5.91 Å². The molecule has 0 saturated carbocycles. The molecule has 3 nitrogen and oxygen atoms in total. The zero-order valence-corrected chi connectivity index (χ0v) is 11.5. The summed E-state index contributed by atoms with van der Waals surface area (Å²) in [6, 6.07) is 5.43. The minimum absolute atomic E-state index is 0.144. The van der Waals surface area contributed by atoms with Crippen molar-refractivity contribution in [2.45, 2.75) is 25.3 Å².